The third-order valence-electron chi connectivity index (χ3n) is 3.52. The second-order valence-electron chi connectivity index (χ2n) is 5.42. The smallest absolute Gasteiger partial charge is 0.338 e. The first kappa shape index (κ1) is 23.3. The van der Waals surface area contributed by atoms with Crippen molar-refractivity contribution in [2.45, 2.75) is 25.7 Å². The van der Waals surface area contributed by atoms with E-state index in [0.717, 1.165) is 25.7 Å². The zero-order chi connectivity index (χ0) is 17.0. The van der Waals surface area contributed by atoms with E-state index in [1.807, 2.05) is 36.4 Å². The van der Waals surface area contributed by atoms with Crippen molar-refractivity contribution in [2.24, 2.45) is 0 Å². The topological polar surface area (TPSA) is 123 Å². The Kier molecular flexibility index (Phi) is 12.2. The van der Waals surface area contributed by atoms with Crippen LogP contribution in [0.15, 0.2) is 60.7 Å². The second-order valence-corrected chi connectivity index (χ2v) is 5.42. The molecule has 142 valence electrons. The molecule has 0 aromatic heterocycles. The first-order valence-electron chi connectivity index (χ1n) is 8.22. The van der Waals surface area contributed by atoms with Crippen molar-refractivity contribution in [1.82, 2.24) is 12.3 Å². The van der Waals surface area contributed by atoms with Crippen LogP contribution in [0.3, 0.4) is 0 Å². The Hall–Kier alpha value is -2.70. The molecule has 0 radical (unpaired) electrons. The van der Waals surface area contributed by atoms with Crippen molar-refractivity contribution >= 4 is 11.9 Å². The van der Waals surface area contributed by atoms with E-state index >= 15 is 0 Å². The minimum atomic E-state index is -0.285. The molecule has 0 atom stereocenters. The molecule has 6 N–H and O–H groups in total. The number of benzene rings is 2. The number of ether oxygens (including phenoxy) is 2. The molecule has 6 heteroatoms. The van der Waals surface area contributed by atoms with Gasteiger partial charge in [0, 0.05) is 0 Å². The van der Waals surface area contributed by atoms with Crippen LogP contribution in [0.4, 0.5) is 0 Å². The van der Waals surface area contributed by atoms with Crippen molar-refractivity contribution in [3.8, 4) is 0 Å². The van der Waals surface area contributed by atoms with E-state index in [1.54, 1.807) is 24.3 Å². The van der Waals surface area contributed by atoms with Gasteiger partial charge in [-0.3, -0.25) is 0 Å². The monoisotopic (exact) mass is 360 g/mol. The molecular formula is C20H28N2O4. The molecule has 2 rings (SSSR count). The number of carbonyl (C=O) groups excluding carboxylic acids is 2. The molecule has 0 saturated carbocycles. The summed E-state index contributed by atoms with van der Waals surface area (Å²) in [7, 11) is 0. The molecule has 0 spiro atoms. The predicted octanol–water partition coefficient (Wildman–Crippen LogP) is 4.58. The van der Waals surface area contributed by atoms with Gasteiger partial charge in [0.15, 0.2) is 0 Å². The highest BCUT2D eigenvalue weighted by Crippen LogP contribution is 2.06. The number of unbranched alkanes of at least 4 members (excludes halogenated alkanes) is 3. The fraction of sp³-hybridized carbons (Fsp3) is 0.300. The van der Waals surface area contributed by atoms with Gasteiger partial charge in [-0.25, -0.2) is 9.59 Å². The SMILES string of the molecule is N.N.O=C(OCCCCCCOC(=O)c1ccccc1)c1ccccc1. The molecule has 0 aliphatic rings. The zero-order valence-electron chi connectivity index (χ0n) is 15.1. The summed E-state index contributed by atoms with van der Waals surface area (Å²) in [5, 5.41) is 0. The third kappa shape index (κ3) is 8.41. The first-order valence-corrected chi connectivity index (χ1v) is 8.22. The number of carbonyl (C=O) groups is 2. The Morgan fingerprint density at radius 2 is 0.923 bits per heavy atom. The summed E-state index contributed by atoms with van der Waals surface area (Å²) in [6.07, 6.45) is 3.49. The molecule has 6 nitrogen and oxygen atoms in total. The molecule has 0 aliphatic carbocycles. The summed E-state index contributed by atoms with van der Waals surface area (Å²) in [4.78, 5) is 23.4. The lowest BCUT2D eigenvalue weighted by molar-refractivity contribution is 0.0473. The number of rotatable bonds is 9. The van der Waals surface area contributed by atoms with Crippen molar-refractivity contribution in [3.63, 3.8) is 0 Å². The summed E-state index contributed by atoms with van der Waals surface area (Å²) in [5.74, 6) is -0.570. The van der Waals surface area contributed by atoms with E-state index in [-0.39, 0.29) is 24.2 Å². The highest BCUT2D eigenvalue weighted by molar-refractivity contribution is 5.89. The molecule has 0 unspecified atom stereocenters. The van der Waals surface area contributed by atoms with Crippen LogP contribution < -0.4 is 12.3 Å². The van der Waals surface area contributed by atoms with Gasteiger partial charge >= 0.3 is 11.9 Å². The molecule has 0 fully saturated rings. The maximum absolute atomic E-state index is 11.7. The molecule has 0 amide bonds. The average Bonchev–Trinajstić information content (AvgIpc) is 2.65. The van der Waals surface area contributed by atoms with Gasteiger partial charge in [-0.15, -0.1) is 0 Å². The maximum Gasteiger partial charge on any atom is 0.338 e. The Bertz CT molecular complexity index is 575. The van der Waals surface area contributed by atoms with Crippen LogP contribution in [0.5, 0.6) is 0 Å². The van der Waals surface area contributed by atoms with Crippen LogP contribution in [-0.4, -0.2) is 25.2 Å². The first-order chi connectivity index (χ1) is 11.8. The van der Waals surface area contributed by atoms with Gasteiger partial charge in [-0.2, -0.15) is 0 Å². The predicted molar refractivity (Wildman–Crippen MR) is 102 cm³/mol. The van der Waals surface area contributed by atoms with Crippen LogP contribution >= 0.6 is 0 Å². The Morgan fingerprint density at radius 3 is 1.27 bits per heavy atom. The van der Waals surface area contributed by atoms with Crippen LogP contribution in [0.2, 0.25) is 0 Å². The largest absolute Gasteiger partial charge is 0.462 e. The maximum atomic E-state index is 11.7. The van der Waals surface area contributed by atoms with Gasteiger partial charge in [0.1, 0.15) is 0 Å². The van der Waals surface area contributed by atoms with Crippen LogP contribution in [-0.2, 0) is 9.47 Å². The van der Waals surface area contributed by atoms with Crippen molar-refractivity contribution in [2.75, 3.05) is 13.2 Å². The van der Waals surface area contributed by atoms with Crippen molar-refractivity contribution in [1.29, 1.82) is 0 Å². The van der Waals surface area contributed by atoms with Crippen LogP contribution in [0.25, 0.3) is 0 Å². The standard InChI is InChI=1S/C20H22O4.2H3N/c21-19(17-11-5-3-6-12-17)23-15-9-1-2-10-16-24-20(22)18-13-7-4-8-14-18;;/h3-8,11-14H,1-2,9-10,15-16H2;2*1H3. The average molecular weight is 360 g/mol. The van der Waals surface area contributed by atoms with Gasteiger partial charge in [0.05, 0.1) is 24.3 Å². The van der Waals surface area contributed by atoms with Gasteiger partial charge in [-0.05, 0) is 49.9 Å². The normalized spacial score (nSPS) is 9.38. The number of hydrogen-bond acceptors (Lipinski definition) is 6. The fourth-order valence-corrected chi connectivity index (χ4v) is 2.20. The minimum absolute atomic E-state index is 0. The Labute approximate surface area is 154 Å². The molecule has 0 saturated heterocycles. The van der Waals surface area contributed by atoms with Gasteiger partial charge in [0.25, 0.3) is 0 Å². The minimum Gasteiger partial charge on any atom is -0.462 e. The van der Waals surface area contributed by atoms with Gasteiger partial charge < -0.3 is 21.8 Å². The van der Waals surface area contributed by atoms with E-state index in [9.17, 15) is 9.59 Å². The van der Waals surface area contributed by atoms with E-state index in [0.29, 0.717) is 24.3 Å². The number of esters is 2. The zero-order valence-corrected chi connectivity index (χ0v) is 15.1. The lowest BCUT2D eigenvalue weighted by atomic mass is 10.2. The van der Waals surface area contributed by atoms with E-state index in [2.05, 4.69) is 0 Å². The molecule has 0 bridgehead atoms. The van der Waals surface area contributed by atoms with E-state index in [4.69, 9.17) is 9.47 Å². The van der Waals surface area contributed by atoms with Gasteiger partial charge in [-0.1, -0.05) is 36.4 Å². The molecule has 0 heterocycles. The lowest BCUT2D eigenvalue weighted by Gasteiger charge is -2.06. The van der Waals surface area contributed by atoms with Gasteiger partial charge in [0.2, 0.25) is 0 Å². The summed E-state index contributed by atoms with van der Waals surface area (Å²) in [6.45, 7) is 0.828. The Morgan fingerprint density at radius 1 is 0.577 bits per heavy atom. The van der Waals surface area contributed by atoms with E-state index < -0.39 is 0 Å². The summed E-state index contributed by atoms with van der Waals surface area (Å²) >= 11 is 0. The van der Waals surface area contributed by atoms with Crippen LogP contribution in [0.1, 0.15) is 46.4 Å². The Balaban J connectivity index is 0.00000312. The summed E-state index contributed by atoms with van der Waals surface area (Å²) < 4.78 is 10.4. The summed E-state index contributed by atoms with van der Waals surface area (Å²) in [6, 6.07) is 17.9. The molecule has 0 aliphatic heterocycles. The van der Waals surface area contributed by atoms with Crippen molar-refractivity contribution in [3.05, 3.63) is 71.8 Å². The fourth-order valence-electron chi connectivity index (χ4n) is 2.20. The molecule has 2 aromatic carbocycles. The van der Waals surface area contributed by atoms with Crippen LogP contribution in [0, 0.1) is 0 Å². The lowest BCUT2D eigenvalue weighted by Crippen LogP contribution is -2.07. The molecular weight excluding hydrogens is 332 g/mol. The molecule has 2 aromatic rings. The molecule has 26 heavy (non-hydrogen) atoms. The second kappa shape index (κ2) is 13.6. The van der Waals surface area contributed by atoms with E-state index in [1.165, 1.54) is 0 Å². The highest BCUT2D eigenvalue weighted by atomic mass is 16.5. The van der Waals surface area contributed by atoms with Crippen molar-refractivity contribution < 1.29 is 19.1 Å². The highest BCUT2D eigenvalue weighted by Gasteiger charge is 2.06. The quantitative estimate of drug-likeness (QED) is 0.498. The summed E-state index contributed by atoms with van der Waals surface area (Å²) in [5.41, 5.74) is 1.15. The number of hydrogen-bond donors (Lipinski definition) is 2. The third-order valence-corrected chi connectivity index (χ3v) is 3.52.